The lowest BCUT2D eigenvalue weighted by Crippen LogP contribution is -2.48. The topological polar surface area (TPSA) is 24.5 Å². The fraction of sp³-hybridized carbons (Fsp3) is 1.00. The second-order valence-corrected chi connectivity index (χ2v) is 6.30. The zero-order valence-corrected chi connectivity index (χ0v) is 12.9. The maximum Gasteiger partial charge on any atom is 0.0595 e. The molecule has 3 nitrogen and oxygen atoms in total. The predicted octanol–water partition coefficient (Wildman–Crippen LogP) is 2.66. The molecule has 1 N–H and O–H groups in total. The Balaban J connectivity index is 1.79. The van der Waals surface area contributed by atoms with Gasteiger partial charge in [0.2, 0.25) is 0 Å². The zero-order valence-electron chi connectivity index (χ0n) is 12.9. The molecule has 2 fully saturated rings. The molecule has 1 unspecified atom stereocenters. The summed E-state index contributed by atoms with van der Waals surface area (Å²) in [7, 11) is 1.85. The van der Waals surface area contributed by atoms with Gasteiger partial charge in [-0.3, -0.25) is 0 Å². The molecule has 0 aromatic heterocycles. The summed E-state index contributed by atoms with van der Waals surface area (Å²) in [6.07, 6.45) is 10.1. The predicted molar refractivity (Wildman–Crippen MR) is 80.5 cm³/mol. The smallest absolute Gasteiger partial charge is 0.0595 e. The first-order chi connectivity index (χ1) is 9.33. The molecule has 1 saturated carbocycles. The third kappa shape index (κ3) is 4.73. The van der Waals surface area contributed by atoms with E-state index in [1.54, 1.807) is 0 Å². The van der Waals surface area contributed by atoms with Gasteiger partial charge < -0.3 is 15.0 Å². The van der Waals surface area contributed by atoms with E-state index in [0.29, 0.717) is 12.1 Å². The number of methoxy groups -OCH3 is 1. The van der Waals surface area contributed by atoms with Gasteiger partial charge in [-0.05, 0) is 38.1 Å². The Morgan fingerprint density at radius 2 is 1.79 bits per heavy atom. The average Bonchev–Trinajstić information content (AvgIpc) is 2.48. The van der Waals surface area contributed by atoms with Gasteiger partial charge in [0.25, 0.3) is 0 Å². The van der Waals surface area contributed by atoms with Gasteiger partial charge in [-0.25, -0.2) is 0 Å². The summed E-state index contributed by atoms with van der Waals surface area (Å²) < 4.78 is 5.47. The van der Waals surface area contributed by atoms with Crippen LogP contribution in [0.3, 0.4) is 0 Å². The van der Waals surface area contributed by atoms with E-state index in [9.17, 15) is 0 Å². The van der Waals surface area contributed by atoms with Gasteiger partial charge in [0.1, 0.15) is 0 Å². The van der Waals surface area contributed by atoms with Gasteiger partial charge in [0.05, 0.1) is 6.10 Å². The number of nitrogens with zero attached hydrogens (tertiary/aromatic N) is 1. The first kappa shape index (κ1) is 15.3. The molecule has 2 rings (SSSR count). The van der Waals surface area contributed by atoms with Crippen molar-refractivity contribution in [3.8, 4) is 0 Å². The molecule has 112 valence electrons. The second kappa shape index (κ2) is 8.23. The standard InChI is InChI=1S/C16H32N2O/c1-3-17-16(14-7-5-4-6-8-14)13-18-11-9-15(19-2)10-12-18/h14-17H,3-13H2,1-2H3. The van der Waals surface area contributed by atoms with E-state index in [-0.39, 0.29) is 0 Å². The highest BCUT2D eigenvalue weighted by Crippen LogP contribution is 2.27. The van der Waals surface area contributed by atoms with Crippen LogP contribution in [-0.2, 0) is 4.74 Å². The SMILES string of the molecule is CCNC(CN1CCC(OC)CC1)C1CCCCC1. The van der Waals surface area contributed by atoms with Crippen molar-refractivity contribution in [1.29, 1.82) is 0 Å². The van der Waals surface area contributed by atoms with Gasteiger partial charge in [0.15, 0.2) is 0 Å². The minimum Gasteiger partial charge on any atom is -0.381 e. The summed E-state index contributed by atoms with van der Waals surface area (Å²) >= 11 is 0. The van der Waals surface area contributed by atoms with Crippen molar-refractivity contribution in [1.82, 2.24) is 10.2 Å². The average molecular weight is 268 g/mol. The van der Waals surface area contributed by atoms with Gasteiger partial charge in [-0.15, -0.1) is 0 Å². The van der Waals surface area contributed by atoms with Gasteiger partial charge in [-0.2, -0.15) is 0 Å². The van der Waals surface area contributed by atoms with Gasteiger partial charge in [-0.1, -0.05) is 26.2 Å². The van der Waals surface area contributed by atoms with Crippen molar-refractivity contribution < 1.29 is 4.74 Å². The molecular weight excluding hydrogens is 236 g/mol. The summed E-state index contributed by atoms with van der Waals surface area (Å²) in [5.41, 5.74) is 0. The number of rotatable bonds is 6. The molecule has 1 atom stereocenters. The molecule has 1 heterocycles. The Morgan fingerprint density at radius 3 is 2.37 bits per heavy atom. The Labute approximate surface area is 119 Å². The summed E-state index contributed by atoms with van der Waals surface area (Å²) in [5.74, 6) is 0.911. The van der Waals surface area contributed by atoms with Crippen molar-refractivity contribution in [3.05, 3.63) is 0 Å². The Bertz CT molecular complexity index is 233. The van der Waals surface area contributed by atoms with E-state index in [0.717, 1.165) is 12.5 Å². The summed E-state index contributed by atoms with van der Waals surface area (Å²) in [6.45, 7) is 7.03. The van der Waals surface area contributed by atoms with Crippen LogP contribution in [0.15, 0.2) is 0 Å². The normalized spacial score (nSPS) is 25.6. The molecular formula is C16H32N2O. The van der Waals surface area contributed by atoms with Crippen molar-refractivity contribution in [3.63, 3.8) is 0 Å². The fourth-order valence-corrected chi connectivity index (χ4v) is 3.78. The lowest BCUT2D eigenvalue weighted by molar-refractivity contribution is 0.0351. The molecule has 0 aromatic rings. The van der Waals surface area contributed by atoms with Crippen molar-refractivity contribution >= 4 is 0 Å². The van der Waals surface area contributed by atoms with E-state index in [2.05, 4.69) is 17.1 Å². The highest BCUT2D eigenvalue weighted by Gasteiger charge is 2.26. The van der Waals surface area contributed by atoms with Crippen LogP contribution >= 0.6 is 0 Å². The molecule has 2 aliphatic rings. The molecule has 0 radical (unpaired) electrons. The maximum atomic E-state index is 5.47. The maximum absolute atomic E-state index is 5.47. The molecule has 0 spiro atoms. The lowest BCUT2D eigenvalue weighted by atomic mass is 9.83. The highest BCUT2D eigenvalue weighted by molar-refractivity contribution is 4.84. The molecule has 1 aliphatic carbocycles. The third-order valence-corrected chi connectivity index (χ3v) is 5.01. The molecule has 0 aromatic carbocycles. The van der Waals surface area contributed by atoms with E-state index >= 15 is 0 Å². The molecule has 1 aliphatic heterocycles. The van der Waals surface area contributed by atoms with Crippen LogP contribution in [0.1, 0.15) is 51.9 Å². The lowest BCUT2D eigenvalue weighted by Gasteiger charge is -2.37. The van der Waals surface area contributed by atoms with E-state index in [4.69, 9.17) is 4.74 Å². The molecule has 19 heavy (non-hydrogen) atoms. The summed E-state index contributed by atoms with van der Waals surface area (Å²) in [4.78, 5) is 2.65. The number of nitrogens with one attached hydrogen (secondary N) is 1. The van der Waals surface area contributed by atoms with Gasteiger partial charge in [0, 0.05) is 32.8 Å². The van der Waals surface area contributed by atoms with Crippen LogP contribution in [0.4, 0.5) is 0 Å². The molecule has 0 amide bonds. The summed E-state index contributed by atoms with van der Waals surface area (Å²) in [6, 6.07) is 0.712. The Kier molecular flexibility index (Phi) is 6.62. The van der Waals surface area contributed by atoms with Crippen molar-refractivity contribution in [2.75, 3.05) is 33.3 Å². The molecule has 0 bridgehead atoms. The molecule has 3 heteroatoms. The number of ether oxygens (including phenoxy) is 1. The van der Waals surface area contributed by atoms with Crippen LogP contribution < -0.4 is 5.32 Å². The minimum absolute atomic E-state index is 0.503. The van der Waals surface area contributed by atoms with E-state index in [1.807, 2.05) is 7.11 Å². The molecule has 1 saturated heterocycles. The number of likely N-dealkylation sites (tertiary alicyclic amines) is 1. The summed E-state index contributed by atoms with van der Waals surface area (Å²) in [5, 5.41) is 3.75. The number of hydrogen-bond donors (Lipinski definition) is 1. The van der Waals surface area contributed by atoms with Crippen molar-refractivity contribution in [2.24, 2.45) is 5.92 Å². The fourth-order valence-electron chi connectivity index (χ4n) is 3.78. The number of hydrogen-bond acceptors (Lipinski definition) is 3. The number of piperidine rings is 1. The van der Waals surface area contributed by atoms with E-state index in [1.165, 1.54) is 64.6 Å². The highest BCUT2D eigenvalue weighted by atomic mass is 16.5. The largest absolute Gasteiger partial charge is 0.381 e. The quantitative estimate of drug-likeness (QED) is 0.801. The Hall–Kier alpha value is -0.120. The first-order valence-electron chi connectivity index (χ1n) is 8.32. The number of likely N-dealkylation sites (N-methyl/N-ethyl adjacent to an activating group) is 1. The first-order valence-corrected chi connectivity index (χ1v) is 8.32. The van der Waals surface area contributed by atoms with Crippen LogP contribution in [0.5, 0.6) is 0 Å². The van der Waals surface area contributed by atoms with Gasteiger partial charge >= 0.3 is 0 Å². The van der Waals surface area contributed by atoms with Crippen molar-refractivity contribution in [2.45, 2.75) is 64.0 Å². The second-order valence-electron chi connectivity index (χ2n) is 6.30. The van der Waals surface area contributed by atoms with Crippen LogP contribution in [0.25, 0.3) is 0 Å². The van der Waals surface area contributed by atoms with Crippen LogP contribution in [-0.4, -0.2) is 50.3 Å². The Morgan fingerprint density at radius 1 is 1.11 bits per heavy atom. The van der Waals surface area contributed by atoms with Crippen LogP contribution in [0.2, 0.25) is 0 Å². The monoisotopic (exact) mass is 268 g/mol. The minimum atomic E-state index is 0.503. The van der Waals surface area contributed by atoms with E-state index < -0.39 is 0 Å². The van der Waals surface area contributed by atoms with Crippen LogP contribution in [0, 0.1) is 5.92 Å². The third-order valence-electron chi connectivity index (χ3n) is 5.01. The zero-order chi connectivity index (χ0) is 13.5.